The molecule has 0 radical (unpaired) electrons. The van der Waals surface area contributed by atoms with Crippen molar-refractivity contribution in [3.05, 3.63) is 24.3 Å². The summed E-state index contributed by atoms with van der Waals surface area (Å²) in [6, 6.07) is 7.44. The molecule has 1 rings (SSSR count). The first kappa shape index (κ1) is 27.1. The molecule has 1 aromatic carbocycles. The van der Waals surface area contributed by atoms with E-state index in [2.05, 4.69) is 14.2 Å². The van der Waals surface area contributed by atoms with Gasteiger partial charge in [0.05, 0.1) is 35.5 Å². The van der Waals surface area contributed by atoms with Crippen molar-refractivity contribution in [2.45, 2.75) is 20.8 Å². The van der Waals surface area contributed by atoms with Crippen molar-refractivity contribution in [2.75, 3.05) is 35.5 Å². The van der Waals surface area contributed by atoms with E-state index in [9.17, 15) is 14.4 Å². The summed E-state index contributed by atoms with van der Waals surface area (Å²) in [5.41, 5.74) is 0. The van der Waals surface area contributed by atoms with Gasteiger partial charge in [-0.2, -0.15) is 0 Å². The van der Waals surface area contributed by atoms with Crippen molar-refractivity contribution in [1.29, 1.82) is 0 Å². The van der Waals surface area contributed by atoms with E-state index in [0.29, 0.717) is 0 Å². The van der Waals surface area contributed by atoms with E-state index in [1.165, 1.54) is 42.1 Å². The molecule has 0 fully saturated rings. The molecular formula is C17H28O8. The van der Waals surface area contributed by atoms with Crippen molar-refractivity contribution in [1.82, 2.24) is 0 Å². The van der Waals surface area contributed by atoms with Crippen LogP contribution in [0.2, 0.25) is 0 Å². The van der Waals surface area contributed by atoms with Crippen LogP contribution in [0.4, 0.5) is 4.79 Å². The Kier molecular flexibility index (Phi) is 20.9. The normalized spacial score (nSPS) is 7.68. The molecule has 0 aliphatic carbocycles. The second kappa shape index (κ2) is 19.3. The Bertz CT molecular complexity index is 435. The van der Waals surface area contributed by atoms with Crippen LogP contribution >= 0.6 is 0 Å². The Hall–Kier alpha value is -2.77. The minimum absolute atomic E-state index is 0.167. The maximum atomic E-state index is 9.74. The van der Waals surface area contributed by atoms with Crippen molar-refractivity contribution in [2.24, 2.45) is 0 Å². The van der Waals surface area contributed by atoms with Gasteiger partial charge in [-0.25, -0.2) is 4.79 Å². The lowest BCUT2D eigenvalue weighted by molar-refractivity contribution is -0.137. The van der Waals surface area contributed by atoms with Crippen LogP contribution in [0.25, 0.3) is 0 Å². The maximum absolute atomic E-state index is 9.74. The van der Waals surface area contributed by atoms with E-state index in [-0.39, 0.29) is 11.8 Å². The number of benzene rings is 1. The van der Waals surface area contributed by atoms with Crippen molar-refractivity contribution >= 4 is 17.9 Å². The fourth-order valence-corrected chi connectivity index (χ4v) is 0.795. The zero-order valence-electron chi connectivity index (χ0n) is 16.1. The van der Waals surface area contributed by atoms with E-state index in [4.69, 9.17) is 9.47 Å². The summed E-state index contributed by atoms with van der Waals surface area (Å²) in [5.74, 6) is 1.62. The second-order valence-electron chi connectivity index (χ2n) is 4.14. The predicted octanol–water partition coefficient (Wildman–Crippen LogP) is 2.88. The van der Waals surface area contributed by atoms with Crippen LogP contribution in [-0.4, -0.2) is 53.5 Å². The number of hydrogen-bond acceptors (Lipinski definition) is 8. The Labute approximate surface area is 149 Å². The first-order chi connectivity index (χ1) is 11.7. The lowest BCUT2D eigenvalue weighted by Gasteiger charge is -2.00. The summed E-state index contributed by atoms with van der Waals surface area (Å²) in [6.45, 7) is 4.42. The van der Waals surface area contributed by atoms with E-state index < -0.39 is 6.16 Å². The molecule has 0 atom stereocenters. The predicted molar refractivity (Wildman–Crippen MR) is 93.0 cm³/mol. The van der Waals surface area contributed by atoms with E-state index in [1.54, 1.807) is 14.2 Å². The number of ketones is 1. The maximum Gasteiger partial charge on any atom is 0.507 e. The number of hydrogen-bond donors (Lipinski definition) is 0. The van der Waals surface area contributed by atoms with Crippen LogP contribution in [0.3, 0.4) is 0 Å². The summed E-state index contributed by atoms with van der Waals surface area (Å²) in [5, 5.41) is 0. The Morgan fingerprint density at radius 3 is 0.960 bits per heavy atom. The van der Waals surface area contributed by atoms with Gasteiger partial charge < -0.3 is 28.5 Å². The molecule has 25 heavy (non-hydrogen) atoms. The van der Waals surface area contributed by atoms with Gasteiger partial charge in [0.2, 0.25) is 0 Å². The average molecular weight is 360 g/mol. The molecule has 0 N–H and O–H groups in total. The quantitative estimate of drug-likeness (QED) is 0.743. The van der Waals surface area contributed by atoms with Crippen LogP contribution in [0, 0.1) is 0 Å². The Morgan fingerprint density at radius 2 is 0.880 bits per heavy atom. The molecule has 0 heterocycles. The highest BCUT2D eigenvalue weighted by Gasteiger charge is 1.90. The fraction of sp³-hybridized carbons (Fsp3) is 0.471. The molecule has 0 saturated heterocycles. The second-order valence-corrected chi connectivity index (χ2v) is 4.14. The van der Waals surface area contributed by atoms with Crippen LogP contribution < -0.4 is 9.47 Å². The minimum atomic E-state index is -0.657. The standard InChI is InChI=1S/C8H10O2.C3H6O3.C3H6O2.C3H6O/c1-9-7-3-5-8(10-2)6-4-7;1-5-3(4)6-2;1-3(4)5-2;1-3(2)4/h3-6H,1-2H3;1-2H3;1-2H3;1-2H3. The number of carbonyl (C=O) groups is 3. The van der Waals surface area contributed by atoms with Gasteiger partial charge in [0.15, 0.2) is 0 Å². The average Bonchev–Trinajstić information content (AvgIpc) is 2.61. The first-order valence-corrected chi connectivity index (χ1v) is 7.00. The zero-order chi connectivity index (χ0) is 20.3. The van der Waals surface area contributed by atoms with E-state index in [1.807, 2.05) is 24.3 Å². The van der Waals surface area contributed by atoms with Gasteiger partial charge in [0, 0.05) is 6.92 Å². The van der Waals surface area contributed by atoms with E-state index in [0.717, 1.165) is 11.5 Å². The molecule has 0 amide bonds. The number of ether oxygens (including phenoxy) is 5. The van der Waals surface area contributed by atoms with Gasteiger partial charge in [0.25, 0.3) is 0 Å². The summed E-state index contributed by atoms with van der Waals surface area (Å²) in [7, 11) is 7.14. The van der Waals surface area contributed by atoms with Crippen molar-refractivity contribution < 1.29 is 38.1 Å². The first-order valence-electron chi connectivity index (χ1n) is 7.00. The number of Topliss-reactive ketones (excluding diaryl/α,β-unsaturated/α-hetero) is 1. The molecule has 0 saturated carbocycles. The molecule has 8 nitrogen and oxygen atoms in total. The summed E-state index contributed by atoms with van der Waals surface area (Å²) in [6.07, 6.45) is -0.657. The molecular weight excluding hydrogens is 332 g/mol. The van der Waals surface area contributed by atoms with Gasteiger partial charge in [-0.1, -0.05) is 0 Å². The molecule has 0 aliphatic heterocycles. The third-order valence-corrected chi connectivity index (χ3v) is 1.92. The fourth-order valence-electron chi connectivity index (χ4n) is 0.795. The Morgan fingerprint density at radius 1 is 0.640 bits per heavy atom. The third-order valence-electron chi connectivity index (χ3n) is 1.92. The highest BCUT2D eigenvalue weighted by atomic mass is 16.7. The molecule has 0 aliphatic rings. The van der Waals surface area contributed by atoms with Gasteiger partial charge in [-0.05, 0) is 38.1 Å². The van der Waals surface area contributed by atoms with Crippen LogP contribution in [0.5, 0.6) is 11.5 Å². The number of rotatable bonds is 2. The number of carbonyl (C=O) groups excluding carboxylic acids is 3. The number of methoxy groups -OCH3 is 5. The smallest absolute Gasteiger partial charge is 0.497 e. The summed E-state index contributed by atoms with van der Waals surface area (Å²) < 4.78 is 22.1. The van der Waals surface area contributed by atoms with Gasteiger partial charge in [-0.15, -0.1) is 0 Å². The third kappa shape index (κ3) is 26.4. The zero-order valence-corrected chi connectivity index (χ0v) is 16.1. The molecule has 0 spiro atoms. The SMILES string of the molecule is CC(C)=O.COC(=O)OC.COC(C)=O.COc1ccc(OC)cc1. The largest absolute Gasteiger partial charge is 0.507 e. The lowest BCUT2D eigenvalue weighted by Crippen LogP contribution is -1.97. The highest BCUT2D eigenvalue weighted by molar-refractivity contribution is 5.72. The minimum Gasteiger partial charge on any atom is -0.497 e. The molecule has 144 valence electrons. The van der Waals surface area contributed by atoms with Crippen molar-refractivity contribution in [3.63, 3.8) is 0 Å². The molecule has 8 heteroatoms. The Balaban J connectivity index is -0.000000280. The molecule has 0 unspecified atom stereocenters. The molecule has 0 aromatic heterocycles. The van der Waals surface area contributed by atoms with E-state index >= 15 is 0 Å². The molecule has 0 bridgehead atoms. The summed E-state index contributed by atoms with van der Waals surface area (Å²) in [4.78, 5) is 28.8. The van der Waals surface area contributed by atoms with Crippen LogP contribution in [0.1, 0.15) is 20.8 Å². The van der Waals surface area contributed by atoms with Crippen molar-refractivity contribution in [3.8, 4) is 11.5 Å². The van der Waals surface area contributed by atoms with Crippen LogP contribution in [-0.2, 0) is 23.8 Å². The van der Waals surface area contributed by atoms with Gasteiger partial charge >= 0.3 is 12.1 Å². The lowest BCUT2D eigenvalue weighted by atomic mass is 10.3. The summed E-state index contributed by atoms with van der Waals surface area (Å²) >= 11 is 0. The number of esters is 1. The monoisotopic (exact) mass is 360 g/mol. The van der Waals surface area contributed by atoms with Gasteiger partial charge in [0.1, 0.15) is 17.3 Å². The van der Waals surface area contributed by atoms with Crippen LogP contribution in [0.15, 0.2) is 24.3 Å². The highest BCUT2D eigenvalue weighted by Crippen LogP contribution is 2.15. The topological polar surface area (TPSA) is 97.4 Å². The molecule has 1 aromatic rings. The van der Waals surface area contributed by atoms with Gasteiger partial charge in [-0.3, -0.25) is 4.79 Å².